The van der Waals surface area contributed by atoms with Gasteiger partial charge in [-0.05, 0) is 31.2 Å². The van der Waals surface area contributed by atoms with E-state index in [1.54, 1.807) is 13.0 Å². The molecule has 19 heavy (non-hydrogen) atoms. The fourth-order valence-corrected chi connectivity index (χ4v) is 2.07. The van der Waals surface area contributed by atoms with Crippen molar-refractivity contribution in [3.63, 3.8) is 0 Å². The monoisotopic (exact) mass is 252 g/mol. The summed E-state index contributed by atoms with van der Waals surface area (Å²) in [6.45, 7) is 1.75. The van der Waals surface area contributed by atoms with E-state index in [4.69, 9.17) is 5.26 Å². The van der Waals surface area contributed by atoms with Gasteiger partial charge in [-0.1, -0.05) is 24.3 Å². The minimum Gasteiger partial charge on any atom is -0.389 e. The van der Waals surface area contributed by atoms with E-state index < -0.39 is 6.10 Å². The van der Waals surface area contributed by atoms with Crippen molar-refractivity contribution < 1.29 is 5.11 Å². The van der Waals surface area contributed by atoms with Gasteiger partial charge in [-0.3, -0.25) is 0 Å². The van der Waals surface area contributed by atoms with E-state index in [1.165, 1.54) is 0 Å². The molecule has 2 rings (SSSR count). The molecule has 0 unspecified atom stereocenters. The van der Waals surface area contributed by atoms with Crippen LogP contribution in [0.1, 0.15) is 24.2 Å². The summed E-state index contributed by atoms with van der Waals surface area (Å²) in [5, 5.41) is 18.8. The molecular weight excluding hydrogens is 236 g/mol. The SMILES string of the molecule is C[C@H](O)c1ccccc1N(C)c1cccc(C#N)c1. The molecule has 0 radical (unpaired) electrons. The lowest BCUT2D eigenvalue weighted by atomic mass is 10.1. The lowest BCUT2D eigenvalue weighted by molar-refractivity contribution is 0.200. The second-order valence-corrected chi connectivity index (χ2v) is 4.46. The van der Waals surface area contributed by atoms with Crippen molar-refractivity contribution in [1.29, 1.82) is 5.26 Å². The van der Waals surface area contributed by atoms with Crippen molar-refractivity contribution in [2.75, 3.05) is 11.9 Å². The molecule has 0 spiro atoms. The van der Waals surface area contributed by atoms with Crippen molar-refractivity contribution in [2.24, 2.45) is 0 Å². The number of aliphatic hydroxyl groups excluding tert-OH is 1. The average Bonchev–Trinajstić information content (AvgIpc) is 2.46. The maximum Gasteiger partial charge on any atom is 0.0992 e. The van der Waals surface area contributed by atoms with Crippen molar-refractivity contribution in [2.45, 2.75) is 13.0 Å². The first-order chi connectivity index (χ1) is 9.13. The molecule has 0 aromatic heterocycles. The van der Waals surface area contributed by atoms with Crippen LogP contribution in [-0.2, 0) is 0 Å². The van der Waals surface area contributed by atoms with Gasteiger partial charge < -0.3 is 10.0 Å². The van der Waals surface area contributed by atoms with Gasteiger partial charge in [0.05, 0.1) is 17.7 Å². The molecule has 1 atom stereocenters. The number of hydrogen-bond donors (Lipinski definition) is 1. The van der Waals surface area contributed by atoms with E-state index in [-0.39, 0.29) is 0 Å². The van der Waals surface area contributed by atoms with Gasteiger partial charge in [0.15, 0.2) is 0 Å². The highest BCUT2D eigenvalue weighted by molar-refractivity contribution is 5.67. The first-order valence-electron chi connectivity index (χ1n) is 6.14. The van der Waals surface area contributed by atoms with Crippen LogP contribution in [0.4, 0.5) is 11.4 Å². The Kier molecular flexibility index (Phi) is 3.84. The molecule has 0 heterocycles. The van der Waals surface area contributed by atoms with Crippen LogP contribution in [-0.4, -0.2) is 12.2 Å². The zero-order chi connectivity index (χ0) is 13.8. The van der Waals surface area contributed by atoms with Crippen LogP contribution in [0.5, 0.6) is 0 Å². The van der Waals surface area contributed by atoms with Crippen LogP contribution in [0.3, 0.4) is 0 Å². The molecule has 0 bridgehead atoms. The van der Waals surface area contributed by atoms with Crippen LogP contribution < -0.4 is 4.90 Å². The maximum atomic E-state index is 9.82. The minimum atomic E-state index is -0.530. The van der Waals surface area contributed by atoms with E-state index in [0.717, 1.165) is 16.9 Å². The first kappa shape index (κ1) is 13.1. The average molecular weight is 252 g/mol. The van der Waals surface area contributed by atoms with Crippen LogP contribution in [0, 0.1) is 11.3 Å². The van der Waals surface area contributed by atoms with Gasteiger partial charge in [-0.25, -0.2) is 0 Å². The minimum absolute atomic E-state index is 0.530. The highest BCUT2D eigenvalue weighted by Crippen LogP contribution is 2.30. The molecule has 0 saturated carbocycles. The third-order valence-electron chi connectivity index (χ3n) is 3.11. The fourth-order valence-electron chi connectivity index (χ4n) is 2.07. The number of aliphatic hydroxyl groups is 1. The van der Waals surface area contributed by atoms with Gasteiger partial charge in [0.2, 0.25) is 0 Å². The lowest BCUT2D eigenvalue weighted by Gasteiger charge is -2.23. The van der Waals surface area contributed by atoms with Gasteiger partial charge in [0.1, 0.15) is 0 Å². The normalized spacial score (nSPS) is 11.7. The third kappa shape index (κ3) is 2.75. The molecular formula is C16H16N2O. The molecule has 0 aliphatic rings. The number of nitrogens with zero attached hydrogens (tertiary/aromatic N) is 2. The number of nitriles is 1. The number of benzene rings is 2. The maximum absolute atomic E-state index is 9.82. The van der Waals surface area contributed by atoms with E-state index in [0.29, 0.717) is 5.56 Å². The van der Waals surface area contributed by atoms with Crippen molar-refractivity contribution >= 4 is 11.4 Å². The Morgan fingerprint density at radius 1 is 1.16 bits per heavy atom. The van der Waals surface area contributed by atoms with Gasteiger partial charge in [-0.2, -0.15) is 5.26 Å². The summed E-state index contributed by atoms with van der Waals surface area (Å²) >= 11 is 0. The summed E-state index contributed by atoms with van der Waals surface area (Å²) in [7, 11) is 1.93. The molecule has 96 valence electrons. The Morgan fingerprint density at radius 3 is 2.58 bits per heavy atom. The molecule has 2 aromatic carbocycles. The predicted molar refractivity (Wildman–Crippen MR) is 76.3 cm³/mol. The summed E-state index contributed by atoms with van der Waals surface area (Å²) in [5.74, 6) is 0. The highest BCUT2D eigenvalue weighted by atomic mass is 16.3. The van der Waals surface area contributed by atoms with Crippen LogP contribution in [0.15, 0.2) is 48.5 Å². The zero-order valence-electron chi connectivity index (χ0n) is 11.0. The van der Waals surface area contributed by atoms with Crippen LogP contribution in [0.2, 0.25) is 0 Å². The number of anilines is 2. The molecule has 3 nitrogen and oxygen atoms in total. The van der Waals surface area contributed by atoms with E-state index >= 15 is 0 Å². The Hall–Kier alpha value is -2.31. The predicted octanol–water partition coefficient (Wildman–Crippen LogP) is 3.38. The van der Waals surface area contributed by atoms with E-state index in [1.807, 2.05) is 54.4 Å². The first-order valence-corrected chi connectivity index (χ1v) is 6.14. The number of para-hydroxylation sites is 1. The fraction of sp³-hybridized carbons (Fsp3) is 0.188. The molecule has 0 aliphatic heterocycles. The zero-order valence-corrected chi connectivity index (χ0v) is 11.0. The molecule has 3 heteroatoms. The standard InChI is InChI=1S/C16H16N2O/c1-12(19)15-8-3-4-9-16(15)18(2)14-7-5-6-13(10-14)11-17/h3-10,12,19H,1-2H3/t12-/m0/s1. The molecule has 1 N–H and O–H groups in total. The summed E-state index contributed by atoms with van der Waals surface area (Å²) in [6, 6.07) is 17.3. The van der Waals surface area contributed by atoms with E-state index in [9.17, 15) is 5.11 Å². The summed E-state index contributed by atoms with van der Waals surface area (Å²) < 4.78 is 0. The van der Waals surface area contributed by atoms with E-state index in [2.05, 4.69) is 6.07 Å². The van der Waals surface area contributed by atoms with Crippen LogP contribution >= 0.6 is 0 Å². The smallest absolute Gasteiger partial charge is 0.0992 e. The largest absolute Gasteiger partial charge is 0.389 e. The van der Waals surface area contributed by atoms with Crippen LogP contribution in [0.25, 0.3) is 0 Å². The highest BCUT2D eigenvalue weighted by Gasteiger charge is 2.12. The molecule has 0 aliphatic carbocycles. The Morgan fingerprint density at radius 2 is 1.89 bits per heavy atom. The third-order valence-corrected chi connectivity index (χ3v) is 3.11. The summed E-state index contributed by atoms with van der Waals surface area (Å²) in [6.07, 6.45) is -0.530. The van der Waals surface area contributed by atoms with Gasteiger partial charge >= 0.3 is 0 Å². The van der Waals surface area contributed by atoms with Crippen molar-refractivity contribution in [3.05, 3.63) is 59.7 Å². The second-order valence-electron chi connectivity index (χ2n) is 4.46. The topological polar surface area (TPSA) is 47.3 Å². The quantitative estimate of drug-likeness (QED) is 0.911. The summed E-state index contributed by atoms with van der Waals surface area (Å²) in [4.78, 5) is 1.98. The molecule has 0 fully saturated rings. The molecule has 2 aromatic rings. The molecule has 0 saturated heterocycles. The Bertz CT molecular complexity index is 614. The van der Waals surface area contributed by atoms with Gasteiger partial charge in [0.25, 0.3) is 0 Å². The van der Waals surface area contributed by atoms with Gasteiger partial charge in [-0.15, -0.1) is 0 Å². The lowest BCUT2D eigenvalue weighted by Crippen LogP contribution is -2.12. The Balaban J connectivity index is 2.44. The second kappa shape index (κ2) is 5.55. The Labute approximate surface area is 113 Å². The van der Waals surface area contributed by atoms with Gasteiger partial charge in [0, 0.05) is 24.0 Å². The number of hydrogen-bond acceptors (Lipinski definition) is 3. The van der Waals surface area contributed by atoms with Crippen molar-refractivity contribution in [1.82, 2.24) is 0 Å². The summed E-state index contributed by atoms with van der Waals surface area (Å²) in [5.41, 5.74) is 3.35. The number of rotatable bonds is 3. The van der Waals surface area contributed by atoms with Crippen molar-refractivity contribution in [3.8, 4) is 6.07 Å². The molecule has 0 amide bonds.